The topological polar surface area (TPSA) is 0 Å². The van der Waals surface area contributed by atoms with Crippen molar-refractivity contribution in [1.29, 1.82) is 0 Å². The van der Waals surface area contributed by atoms with Gasteiger partial charge in [0.05, 0.1) is 0 Å². The van der Waals surface area contributed by atoms with Crippen molar-refractivity contribution in [1.82, 2.24) is 0 Å². The molecule has 1 aromatic rings. The summed E-state index contributed by atoms with van der Waals surface area (Å²) in [5.41, 5.74) is 0.207. The quantitative estimate of drug-likeness (QED) is 0.695. The highest BCUT2D eigenvalue weighted by molar-refractivity contribution is 9.10. The summed E-state index contributed by atoms with van der Waals surface area (Å²) in [4.78, 5) is 0. The van der Waals surface area contributed by atoms with Crippen molar-refractivity contribution in [3.8, 4) is 0 Å². The Balaban J connectivity index is 2.51. The van der Waals surface area contributed by atoms with Crippen LogP contribution in [0.5, 0.6) is 0 Å². The fourth-order valence-electron chi connectivity index (χ4n) is 1.21. The molecule has 0 nitrogen and oxygen atoms in total. The van der Waals surface area contributed by atoms with Crippen LogP contribution < -0.4 is 0 Å². The van der Waals surface area contributed by atoms with E-state index in [0.717, 1.165) is 6.42 Å². The van der Waals surface area contributed by atoms with Crippen molar-refractivity contribution in [3.05, 3.63) is 40.2 Å². The van der Waals surface area contributed by atoms with Gasteiger partial charge in [0.15, 0.2) is 0 Å². The van der Waals surface area contributed by atoms with Gasteiger partial charge in [-0.05, 0) is 30.9 Å². The number of benzene rings is 1. The molecule has 1 fully saturated rings. The molecule has 1 aromatic carbocycles. The first kappa shape index (κ1) is 8.17. The molecule has 12 heavy (non-hydrogen) atoms. The molecule has 0 aromatic heterocycles. The molecule has 0 spiro atoms. The van der Waals surface area contributed by atoms with E-state index < -0.39 is 11.6 Å². The van der Waals surface area contributed by atoms with Gasteiger partial charge in [0, 0.05) is 10.0 Å². The van der Waals surface area contributed by atoms with E-state index in [-0.39, 0.29) is 11.5 Å². The lowest BCUT2D eigenvalue weighted by Gasteiger charge is -2.02. The number of halogens is 3. The van der Waals surface area contributed by atoms with E-state index in [2.05, 4.69) is 15.9 Å². The molecule has 0 N–H and O–H groups in total. The van der Waals surface area contributed by atoms with Gasteiger partial charge in [-0.25, -0.2) is 8.78 Å². The molecular weight excluding hydrogens is 226 g/mol. The Kier molecular flexibility index (Phi) is 1.91. The van der Waals surface area contributed by atoms with Crippen LogP contribution in [0.3, 0.4) is 0 Å². The van der Waals surface area contributed by atoms with Gasteiger partial charge in [-0.2, -0.15) is 0 Å². The number of hydrogen-bond acceptors (Lipinski definition) is 0. The van der Waals surface area contributed by atoms with Gasteiger partial charge in [0.25, 0.3) is 0 Å². The summed E-state index contributed by atoms with van der Waals surface area (Å²) in [5, 5.41) is 0. The molecule has 0 heterocycles. The van der Waals surface area contributed by atoms with Crippen molar-refractivity contribution in [2.45, 2.75) is 12.3 Å². The zero-order chi connectivity index (χ0) is 8.72. The van der Waals surface area contributed by atoms with Crippen molar-refractivity contribution < 1.29 is 8.78 Å². The molecule has 1 aliphatic carbocycles. The van der Waals surface area contributed by atoms with E-state index in [0.29, 0.717) is 4.47 Å². The van der Waals surface area contributed by atoms with Gasteiger partial charge < -0.3 is 0 Å². The SMILES string of the molecule is Fc1cc(Br)cc(F)c1C1[CH]C1. The minimum atomic E-state index is -0.458. The third kappa shape index (κ3) is 1.38. The molecule has 1 aliphatic rings. The van der Waals surface area contributed by atoms with E-state index in [4.69, 9.17) is 0 Å². The monoisotopic (exact) mass is 231 g/mol. The largest absolute Gasteiger partial charge is 0.207 e. The van der Waals surface area contributed by atoms with Crippen LogP contribution in [0.1, 0.15) is 17.9 Å². The van der Waals surface area contributed by atoms with Gasteiger partial charge in [0.2, 0.25) is 0 Å². The molecule has 1 atom stereocenters. The number of rotatable bonds is 1. The molecule has 0 bridgehead atoms. The van der Waals surface area contributed by atoms with Crippen LogP contribution in [-0.2, 0) is 0 Å². The Morgan fingerprint density at radius 1 is 1.25 bits per heavy atom. The van der Waals surface area contributed by atoms with Crippen LogP contribution in [0.15, 0.2) is 16.6 Å². The third-order valence-corrected chi connectivity index (χ3v) is 2.34. The summed E-state index contributed by atoms with van der Waals surface area (Å²) < 4.78 is 26.7. The lowest BCUT2D eigenvalue weighted by molar-refractivity contribution is 0.557. The highest BCUT2D eigenvalue weighted by atomic mass is 79.9. The predicted octanol–water partition coefficient (Wildman–Crippen LogP) is 3.42. The molecule has 63 valence electrons. The third-order valence-electron chi connectivity index (χ3n) is 1.89. The van der Waals surface area contributed by atoms with Crippen molar-refractivity contribution in [3.63, 3.8) is 0 Å². The lowest BCUT2D eigenvalue weighted by Crippen LogP contribution is -1.92. The first-order valence-corrected chi connectivity index (χ1v) is 4.45. The van der Waals surface area contributed by atoms with Crippen LogP contribution in [0.25, 0.3) is 0 Å². The van der Waals surface area contributed by atoms with E-state index in [1.165, 1.54) is 12.1 Å². The lowest BCUT2D eigenvalue weighted by atomic mass is 10.1. The molecule has 0 amide bonds. The molecule has 3 heteroatoms. The maximum absolute atomic E-state index is 13.1. The molecule has 1 unspecified atom stereocenters. The van der Waals surface area contributed by atoms with Gasteiger partial charge in [0.1, 0.15) is 11.6 Å². The Morgan fingerprint density at radius 3 is 2.17 bits per heavy atom. The summed E-state index contributed by atoms with van der Waals surface area (Å²) in [7, 11) is 0. The summed E-state index contributed by atoms with van der Waals surface area (Å²) >= 11 is 3.03. The van der Waals surface area contributed by atoms with Crippen LogP contribution in [0.4, 0.5) is 8.78 Å². The maximum Gasteiger partial charge on any atom is 0.130 e. The average Bonchev–Trinajstić information content (AvgIpc) is 2.68. The first-order valence-electron chi connectivity index (χ1n) is 3.66. The van der Waals surface area contributed by atoms with Gasteiger partial charge in [-0.1, -0.05) is 15.9 Å². The summed E-state index contributed by atoms with van der Waals surface area (Å²) in [6.45, 7) is 0. The molecule has 2 rings (SSSR count). The maximum atomic E-state index is 13.1. The van der Waals surface area contributed by atoms with Crippen LogP contribution in [0, 0.1) is 18.1 Å². The zero-order valence-corrected chi connectivity index (χ0v) is 7.74. The van der Waals surface area contributed by atoms with E-state index in [1.54, 1.807) is 0 Å². The van der Waals surface area contributed by atoms with Crippen molar-refractivity contribution in [2.75, 3.05) is 0 Å². The molecule has 0 saturated heterocycles. The number of hydrogen-bond donors (Lipinski definition) is 0. The minimum Gasteiger partial charge on any atom is -0.207 e. The smallest absolute Gasteiger partial charge is 0.130 e. The van der Waals surface area contributed by atoms with Crippen LogP contribution in [-0.4, -0.2) is 0 Å². The summed E-state index contributed by atoms with van der Waals surface area (Å²) in [6, 6.07) is 2.59. The minimum absolute atomic E-state index is 0.00176. The molecular formula is C9H6BrF2. The van der Waals surface area contributed by atoms with Crippen molar-refractivity contribution in [2.24, 2.45) is 0 Å². The van der Waals surface area contributed by atoms with Crippen LogP contribution >= 0.6 is 15.9 Å². The van der Waals surface area contributed by atoms with E-state index in [1.807, 2.05) is 6.42 Å². The molecule has 1 saturated carbocycles. The zero-order valence-electron chi connectivity index (χ0n) is 6.15. The highest BCUT2D eigenvalue weighted by Gasteiger charge is 2.30. The summed E-state index contributed by atoms with van der Waals surface area (Å²) in [6.07, 6.45) is 2.67. The average molecular weight is 232 g/mol. The second-order valence-electron chi connectivity index (χ2n) is 2.86. The van der Waals surface area contributed by atoms with Gasteiger partial charge in [-0.3, -0.25) is 0 Å². The first-order chi connectivity index (χ1) is 5.68. The Hall–Kier alpha value is -0.440. The Labute approximate surface area is 77.7 Å². The highest BCUT2D eigenvalue weighted by Crippen LogP contribution is 2.41. The van der Waals surface area contributed by atoms with Gasteiger partial charge in [-0.15, -0.1) is 0 Å². The normalized spacial score (nSPS) is 16.6. The fourth-order valence-corrected chi connectivity index (χ4v) is 1.61. The fraction of sp³-hybridized carbons (Fsp3) is 0.222. The molecule has 0 aliphatic heterocycles. The Bertz CT molecular complexity index is 295. The van der Waals surface area contributed by atoms with Crippen molar-refractivity contribution >= 4 is 15.9 Å². The molecule has 1 radical (unpaired) electrons. The predicted molar refractivity (Wildman–Crippen MR) is 45.7 cm³/mol. The van der Waals surface area contributed by atoms with Crippen LogP contribution in [0.2, 0.25) is 0 Å². The van der Waals surface area contributed by atoms with Gasteiger partial charge >= 0.3 is 0 Å². The Morgan fingerprint density at radius 2 is 1.75 bits per heavy atom. The summed E-state index contributed by atoms with van der Waals surface area (Å²) in [5.74, 6) is -0.917. The van der Waals surface area contributed by atoms with E-state index in [9.17, 15) is 8.78 Å². The second kappa shape index (κ2) is 2.80. The second-order valence-corrected chi connectivity index (χ2v) is 3.78. The van der Waals surface area contributed by atoms with E-state index >= 15 is 0 Å². The standard InChI is InChI=1S/C9H6BrF2/c10-6-3-7(11)9(5-1-2-5)8(12)4-6/h1,3-5H,2H2.